The molecule has 0 saturated carbocycles. The molecule has 0 saturated heterocycles. The first kappa shape index (κ1) is 21.3. The molecule has 0 unspecified atom stereocenters. The van der Waals surface area contributed by atoms with Crippen molar-refractivity contribution < 1.29 is 0 Å². The third-order valence-electron chi connectivity index (χ3n) is 5.58. The van der Waals surface area contributed by atoms with Crippen molar-refractivity contribution in [3.63, 3.8) is 0 Å². The van der Waals surface area contributed by atoms with Crippen molar-refractivity contribution in [1.29, 1.82) is 0 Å². The number of hydrogen-bond donors (Lipinski definition) is 0. The fraction of sp³-hybridized carbons (Fsp3) is 0.333. The van der Waals surface area contributed by atoms with Crippen molar-refractivity contribution >= 4 is 31.6 Å². The summed E-state index contributed by atoms with van der Waals surface area (Å²) in [4.78, 5) is 0. The molecule has 0 aromatic heterocycles. The average Bonchev–Trinajstić information content (AvgIpc) is 2.51. The van der Waals surface area contributed by atoms with Crippen molar-refractivity contribution in [2.24, 2.45) is 0 Å². The fourth-order valence-electron chi connectivity index (χ4n) is 4.91. The molecule has 3 aromatic rings. The molecule has 0 bridgehead atoms. The van der Waals surface area contributed by atoms with Gasteiger partial charge in [0.05, 0.1) is 0 Å². The Morgan fingerprint density at radius 3 is 0.714 bits per heavy atom. The molecule has 0 spiro atoms. The second kappa shape index (κ2) is 8.12. The Morgan fingerprint density at radius 1 is 0.357 bits per heavy atom. The molecule has 28 heavy (non-hydrogen) atoms. The second-order valence-corrected chi connectivity index (χ2v) is 16.4. The van der Waals surface area contributed by atoms with E-state index in [9.17, 15) is 0 Å². The molecule has 3 rings (SSSR count). The zero-order valence-electron chi connectivity index (χ0n) is 18.9. The molecule has 144 valence electrons. The van der Waals surface area contributed by atoms with Crippen LogP contribution < -0.4 is 9.81 Å². The summed E-state index contributed by atoms with van der Waals surface area (Å²) < 4.78 is 5.02. The zero-order chi connectivity index (χ0) is 20.7. The van der Waals surface area contributed by atoms with Gasteiger partial charge in [-0.2, -0.15) is 0 Å². The van der Waals surface area contributed by atoms with Crippen molar-refractivity contribution in [1.82, 2.24) is 0 Å². The van der Waals surface area contributed by atoms with Gasteiger partial charge in [0.1, 0.15) is 0 Å². The van der Waals surface area contributed by atoms with Crippen LogP contribution in [0, 0.1) is 62.3 Å². The van der Waals surface area contributed by atoms with Crippen LogP contribution in [0.2, 0.25) is 0 Å². The summed E-state index contributed by atoms with van der Waals surface area (Å²) in [6, 6.07) is 14.3. The van der Waals surface area contributed by atoms with Crippen LogP contribution >= 0.6 is 0 Å². The van der Waals surface area contributed by atoms with Gasteiger partial charge in [-0.1, -0.05) is 0 Å². The molecule has 0 nitrogen and oxygen atoms in total. The maximum absolute atomic E-state index is 2.48. The Balaban J connectivity index is 2.45. The average molecular weight is 567 g/mol. The minimum absolute atomic E-state index is 1.37. The van der Waals surface area contributed by atoms with Crippen molar-refractivity contribution in [3.8, 4) is 0 Å². The minimum atomic E-state index is -2.48. The van der Waals surface area contributed by atoms with E-state index in [2.05, 4.69) is 98.7 Å². The number of hydrogen-bond acceptors (Lipinski definition) is 0. The molecule has 0 N–H and O–H groups in total. The Labute approximate surface area is 179 Å². The Hall–Kier alpha value is -1.46. The van der Waals surface area contributed by atoms with Gasteiger partial charge in [0.2, 0.25) is 0 Å². The summed E-state index contributed by atoms with van der Waals surface area (Å²) in [6.07, 6.45) is 0. The predicted molar refractivity (Wildman–Crippen MR) is 127 cm³/mol. The Bertz CT molecular complexity index is 850. The van der Waals surface area contributed by atoms with Gasteiger partial charge >= 0.3 is 180 Å². The third-order valence-corrected chi connectivity index (χ3v) is 19.0. The van der Waals surface area contributed by atoms with Crippen LogP contribution in [-0.4, -0.2) is 21.8 Å². The third kappa shape index (κ3) is 3.97. The quantitative estimate of drug-likeness (QED) is 0.393. The summed E-state index contributed by atoms with van der Waals surface area (Å²) in [7, 11) is 0. The van der Waals surface area contributed by atoms with E-state index in [1.54, 1.807) is 9.81 Å². The van der Waals surface area contributed by atoms with E-state index >= 15 is 0 Å². The van der Waals surface area contributed by atoms with Crippen molar-refractivity contribution in [2.75, 3.05) is 0 Å². The SMILES string of the molecule is Cc1cc(C)[c]([Bi+2]([c]2c(C)cc(C)cc2C)[c]2c(C)cc(C)cc2C)c(C)c1. The van der Waals surface area contributed by atoms with E-state index in [-0.39, 0.29) is 0 Å². The van der Waals surface area contributed by atoms with Crippen LogP contribution in [0.4, 0.5) is 0 Å². The normalized spacial score (nSPS) is 11.0. The van der Waals surface area contributed by atoms with Gasteiger partial charge in [-0.05, 0) is 0 Å². The molecule has 0 atom stereocenters. The van der Waals surface area contributed by atoms with Gasteiger partial charge in [0, 0.05) is 0 Å². The molecule has 0 fully saturated rings. The van der Waals surface area contributed by atoms with Gasteiger partial charge in [-0.3, -0.25) is 0 Å². The van der Waals surface area contributed by atoms with E-state index in [1.165, 1.54) is 50.1 Å². The van der Waals surface area contributed by atoms with Crippen LogP contribution in [0.3, 0.4) is 0 Å². The number of rotatable bonds is 3. The molecule has 3 aromatic carbocycles. The summed E-state index contributed by atoms with van der Waals surface area (Å²) >= 11 is -2.48. The van der Waals surface area contributed by atoms with Crippen molar-refractivity contribution in [3.05, 3.63) is 86.5 Å². The molecular weight excluding hydrogens is 533 g/mol. The molecular formula is C27H33Bi+2. The van der Waals surface area contributed by atoms with Crippen LogP contribution in [0.5, 0.6) is 0 Å². The Morgan fingerprint density at radius 2 is 0.536 bits per heavy atom. The monoisotopic (exact) mass is 566 g/mol. The van der Waals surface area contributed by atoms with E-state index in [0.717, 1.165) is 0 Å². The first-order valence-corrected chi connectivity index (χ1v) is 15.4. The van der Waals surface area contributed by atoms with E-state index < -0.39 is 21.8 Å². The molecule has 0 radical (unpaired) electrons. The van der Waals surface area contributed by atoms with E-state index in [0.29, 0.717) is 0 Å². The van der Waals surface area contributed by atoms with Gasteiger partial charge in [-0.15, -0.1) is 0 Å². The molecule has 1 heteroatoms. The number of aryl methyl sites for hydroxylation is 9. The summed E-state index contributed by atoms with van der Waals surface area (Å²) in [5.41, 5.74) is 13.0. The summed E-state index contributed by atoms with van der Waals surface area (Å²) in [6.45, 7) is 20.6. The maximum atomic E-state index is 2.39. The van der Waals surface area contributed by atoms with Gasteiger partial charge in [-0.25, -0.2) is 0 Å². The Kier molecular flexibility index (Phi) is 6.16. The standard InChI is InChI=1S/3C9H11.Bi/c3*1-7-4-8(2)6-9(3)5-7;/h3*4-5H,1-3H3;/q;;;+2. The van der Waals surface area contributed by atoms with Gasteiger partial charge in [0.15, 0.2) is 0 Å². The molecule has 0 aliphatic carbocycles. The van der Waals surface area contributed by atoms with Crippen LogP contribution in [0.1, 0.15) is 50.1 Å². The fourth-order valence-corrected chi connectivity index (χ4v) is 17.3. The molecule has 0 aliphatic heterocycles. The molecule has 0 heterocycles. The number of benzene rings is 3. The first-order valence-electron chi connectivity index (χ1n) is 10.1. The van der Waals surface area contributed by atoms with Gasteiger partial charge < -0.3 is 0 Å². The topological polar surface area (TPSA) is 0 Å². The van der Waals surface area contributed by atoms with Crippen LogP contribution in [0.25, 0.3) is 0 Å². The van der Waals surface area contributed by atoms with Gasteiger partial charge in [0.25, 0.3) is 0 Å². The first-order chi connectivity index (χ1) is 13.1. The van der Waals surface area contributed by atoms with Crippen molar-refractivity contribution in [2.45, 2.75) is 62.3 Å². The second-order valence-electron chi connectivity index (χ2n) is 8.58. The predicted octanol–water partition coefficient (Wildman–Crippen LogP) is 4.98. The van der Waals surface area contributed by atoms with E-state index in [4.69, 9.17) is 0 Å². The van der Waals surface area contributed by atoms with E-state index in [1.807, 2.05) is 0 Å². The molecule has 0 amide bonds. The molecule has 0 aliphatic rings. The summed E-state index contributed by atoms with van der Waals surface area (Å²) in [5, 5.41) is 0. The summed E-state index contributed by atoms with van der Waals surface area (Å²) in [5.74, 6) is 0. The van der Waals surface area contributed by atoms with Crippen LogP contribution in [0.15, 0.2) is 36.4 Å². The van der Waals surface area contributed by atoms with Crippen LogP contribution in [-0.2, 0) is 0 Å². The zero-order valence-corrected chi connectivity index (χ0v) is 22.4.